The molecule has 0 spiro atoms. The van der Waals surface area contributed by atoms with Gasteiger partial charge in [-0.1, -0.05) is 53.9 Å². The fourth-order valence-corrected chi connectivity index (χ4v) is 1.45. The molecule has 0 aromatic rings. The molecule has 0 aromatic heterocycles. The summed E-state index contributed by atoms with van der Waals surface area (Å²) in [7, 11) is 0. The van der Waals surface area contributed by atoms with Crippen molar-refractivity contribution in [1.82, 2.24) is 0 Å². The molecule has 0 aliphatic carbocycles. The smallest absolute Gasteiger partial charge is 0.308 e. The van der Waals surface area contributed by atoms with E-state index < -0.39 is 0 Å². The summed E-state index contributed by atoms with van der Waals surface area (Å²) in [5.41, 5.74) is 0. The highest BCUT2D eigenvalue weighted by Gasteiger charge is 2.18. The van der Waals surface area contributed by atoms with Gasteiger partial charge in [0.05, 0.1) is 12.5 Å². The van der Waals surface area contributed by atoms with Gasteiger partial charge in [-0.15, -0.1) is 0 Å². The van der Waals surface area contributed by atoms with Crippen molar-refractivity contribution in [3.05, 3.63) is 0 Å². The quantitative estimate of drug-likeness (QED) is 0.463. The molecule has 0 saturated carbocycles. The van der Waals surface area contributed by atoms with Gasteiger partial charge >= 0.3 is 5.97 Å². The highest BCUT2D eigenvalue weighted by atomic mass is 16.5. The molecule has 0 fully saturated rings. The standard InChI is InChI=1S/C14H28O2/c1-6-7-8-9-12(4)10-16-14(15)13(5)11(2)3/h11-13H,6-10H2,1-5H3. The van der Waals surface area contributed by atoms with Gasteiger partial charge in [0.15, 0.2) is 0 Å². The summed E-state index contributed by atoms with van der Waals surface area (Å²) in [5, 5.41) is 0. The Balaban J connectivity index is 3.66. The predicted octanol–water partition coefficient (Wildman–Crippen LogP) is 4.04. The van der Waals surface area contributed by atoms with Crippen LogP contribution in [0.15, 0.2) is 0 Å². The first-order valence-corrected chi connectivity index (χ1v) is 6.65. The molecule has 0 saturated heterocycles. The molecular weight excluding hydrogens is 200 g/mol. The first-order valence-electron chi connectivity index (χ1n) is 6.65. The van der Waals surface area contributed by atoms with Crippen molar-refractivity contribution in [2.75, 3.05) is 6.61 Å². The lowest BCUT2D eigenvalue weighted by molar-refractivity contribution is -0.150. The first-order chi connectivity index (χ1) is 7.49. The van der Waals surface area contributed by atoms with Gasteiger partial charge in [0.1, 0.15) is 0 Å². The molecule has 96 valence electrons. The van der Waals surface area contributed by atoms with Crippen molar-refractivity contribution in [2.24, 2.45) is 17.8 Å². The normalized spacial score (nSPS) is 14.9. The van der Waals surface area contributed by atoms with Crippen molar-refractivity contribution in [1.29, 1.82) is 0 Å². The molecule has 0 N–H and O–H groups in total. The van der Waals surface area contributed by atoms with Crippen LogP contribution in [0.4, 0.5) is 0 Å². The van der Waals surface area contributed by atoms with Gasteiger partial charge in [-0.3, -0.25) is 4.79 Å². The third-order valence-electron chi connectivity index (χ3n) is 3.18. The van der Waals surface area contributed by atoms with Gasteiger partial charge in [0.2, 0.25) is 0 Å². The van der Waals surface area contributed by atoms with Crippen molar-refractivity contribution in [2.45, 2.75) is 60.3 Å². The van der Waals surface area contributed by atoms with Crippen molar-refractivity contribution >= 4 is 5.97 Å². The van der Waals surface area contributed by atoms with E-state index in [9.17, 15) is 4.79 Å². The number of carbonyl (C=O) groups excluding carboxylic acids is 1. The summed E-state index contributed by atoms with van der Waals surface area (Å²) >= 11 is 0. The zero-order chi connectivity index (χ0) is 12.6. The molecule has 2 unspecified atom stereocenters. The van der Waals surface area contributed by atoms with E-state index in [-0.39, 0.29) is 11.9 Å². The van der Waals surface area contributed by atoms with E-state index in [1.165, 1.54) is 19.3 Å². The Bertz CT molecular complexity index is 187. The molecule has 0 aliphatic rings. The van der Waals surface area contributed by atoms with E-state index in [1.54, 1.807) is 0 Å². The molecule has 0 aliphatic heterocycles. The number of rotatable bonds is 8. The Kier molecular flexibility index (Phi) is 8.32. The monoisotopic (exact) mass is 228 g/mol. The minimum absolute atomic E-state index is 0.0165. The summed E-state index contributed by atoms with van der Waals surface area (Å²) in [6.45, 7) is 11.0. The topological polar surface area (TPSA) is 26.3 Å². The van der Waals surface area contributed by atoms with E-state index in [0.717, 1.165) is 6.42 Å². The van der Waals surface area contributed by atoms with Crippen LogP contribution in [0.1, 0.15) is 60.3 Å². The second-order valence-corrected chi connectivity index (χ2v) is 5.26. The van der Waals surface area contributed by atoms with Gasteiger partial charge in [-0.25, -0.2) is 0 Å². The molecule has 16 heavy (non-hydrogen) atoms. The fraction of sp³-hybridized carbons (Fsp3) is 0.929. The highest BCUT2D eigenvalue weighted by molar-refractivity contribution is 5.72. The van der Waals surface area contributed by atoms with E-state index >= 15 is 0 Å². The molecule has 0 heterocycles. The Morgan fingerprint density at radius 3 is 2.25 bits per heavy atom. The number of hydrogen-bond acceptors (Lipinski definition) is 2. The van der Waals surface area contributed by atoms with Gasteiger partial charge in [-0.05, 0) is 18.3 Å². The van der Waals surface area contributed by atoms with Crippen LogP contribution in [-0.2, 0) is 9.53 Å². The number of carbonyl (C=O) groups is 1. The van der Waals surface area contributed by atoms with Crippen molar-refractivity contribution in [3.8, 4) is 0 Å². The van der Waals surface area contributed by atoms with Gasteiger partial charge in [0, 0.05) is 0 Å². The van der Waals surface area contributed by atoms with E-state index in [1.807, 2.05) is 6.92 Å². The highest BCUT2D eigenvalue weighted by Crippen LogP contribution is 2.14. The molecule has 2 nitrogen and oxygen atoms in total. The van der Waals surface area contributed by atoms with Crippen molar-refractivity contribution < 1.29 is 9.53 Å². The summed E-state index contributed by atoms with van der Waals surface area (Å²) < 4.78 is 5.32. The number of hydrogen-bond donors (Lipinski definition) is 0. The maximum absolute atomic E-state index is 11.6. The van der Waals surface area contributed by atoms with E-state index in [4.69, 9.17) is 4.74 Å². The van der Waals surface area contributed by atoms with Gasteiger partial charge in [-0.2, -0.15) is 0 Å². The average molecular weight is 228 g/mol. The lowest BCUT2D eigenvalue weighted by Crippen LogP contribution is -2.22. The maximum Gasteiger partial charge on any atom is 0.308 e. The Hall–Kier alpha value is -0.530. The van der Waals surface area contributed by atoms with Crippen LogP contribution >= 0.6 is 0 Å². The van der Waals surface area contributed by atoms with Crippen LogP contribution < -0.4 is 0 Å². The fourth-order valence-electron chi connectivity index (χ4n) is 1.45. The second kappa shape index (κ2) is 8.60. The molecule has 2 heteroatoms. The zero-order valence-electron chi connectivity index (χ0n) is 11.6. The minimum Gasteiger partial charge on any atom is -0.465 e. The van der Waals surface area contributed by atoms with Crippen LogP contribution in [0.25, 0.3) is 0 Å². The van der Waals surface area contributed by atoms with Crippen LogP contribution in [0.5, 0.6) is 0 Å². The molecule has 0 radical (unpaired) electrons. The van der Waals surface area contributed by atoms with Crippen LogP contribution in [0, 0.1) is 17.8 Å². The van der Waals surface area contributed by atoms with Gasteiger partial charge < -0.3 is 4.74 Å². The molecule has 0 bridgehead atoms. The third-order valence-corrected chi connectivity index (χ3v) is 3.18. The average Bonchev–Trinajstić information content (AvgIpc) is 2.25. The zero-order valence-corrected chi connectivity index (χ0v) is 11.6. The molecule has 0 rings (SSSR count). The molecule has 0 aromatic carbocycles. The first kappa shape index (κ1) is 15.5. The maximum atomic E-state index is 11.6. The minimum atomic E-state index is -0.0441. The van der Waals surface area contributed by atoms with Crippen molar-refractivity contribution in [3.63, 3.8) is 0 Å². The summed E-state index contributed by atoms with van der Waals surface area (Å²) in [6.07, 6.45) is 4.93. The number of esters is 1. The summed E-state index contributed by atoms with van der Waals surface area (Å²) in [5.74, 6) is 0.831. The Labute approximate surface area is 101 Å². The number of unbranched alkanes of at least 4 members (excludes halogenated alkanes) is 2. The molecule has 0 amide bonds. The Morgan fingerprint density at radius 1 is 1.12 bits per heavy atom. The van der Waals surface area contributed by atoms with Crippen LogP contribution in [0.3, 0.4) is 0 Å². The van der Waals surface area contributed by atoms with Crippen LogP contribution in [-0.4, -0.2) is 12.6 Å². The summed E-state index contributed by atoms with van der Waals surface area (Å²) in [4.78, 5) is 11.6. The molecule has 2 atom stereocenters. The largest absolute Gasteiger partial charge is 0.465 e. The van der Waals surface area contributed by atoms with Gasteiger partial charge in [0.25, 0.3) is 0 Å². The van der Waals surface area contributed by atoms with E-state index in [2.05, 4.69) is 27.7 Å². The van der Waals surface area contributed by atoms with E-state index in [0.29, 0.717) is 18.4 Å². The number of ether oxygens (including phenoxy) is 1. The third kappa shape index (κ3) is 6.86. The second-order valence-electron chi connectivity index (χ2n) is 5.26. The van der Waals surface area contributed by atoms with Crippen LogP contribution in [0.2, 0.25) is 0 Å². The molecular formula is C14H28O2. The summed E-state index contributed by atoms with van der Waals surface area (Å²) in [6, 6.07) is 0. The Morgan fingerprint density at radius 2 is 1.75 bits per heavy atom. The lowest BCUT2D eigenvalue weighted by atomic mass is 9.98. The SMILES string of the molecule is CCCCCC(C)COC(=O)C(C)C(C)C. The lowest BCUT2D eigenvalue weighted by Gasteiger charge is -2.17. The predicted molar refractivity (Wildman–Crippen MR) is 68.3 cm³/mol.